The van der Waals surface area contributed by atoms with Gasteiger partial charge in [-0.1, -0.05) is 0 Å². The number of hydrogen-bond donors (Lipinski definition) is 3. The molecule has 0 aliphatic heterocycles. The molecule has 0 unspecified atom stereocenters. The van der Waals surface area contributed by atoms with Gasteiger partial charge >= 0.3 is 0 Å². The van der Waals surface area contributed by atoms with Crippen molar-refractivity contribution in [2.24, 2.45) is 4.99 Å². The van der Waals surface area contributed by atoms with Crippen molar-refractivity contribution in [2.45, 2.75) is 13.3 Å². The average Bonchev–Trinajstić information content (AvgIpc) is 2.48. The minimum atomic E-state index is -3.13. The molecule has 126 valence electrons. The van der Waals surface area contributed by atoms with Crippen molar-refractivity contribution in [3.8, 4) is 0 Å². The molecule has 0 heterocycles. The largest absolute Gasteiger partial charge is 0.382 e. The number of nitrogens with one attached hydrogen (secondary N) is 3. The van der Waals surface area contributed by atoms with Crippen molar-refractivity contribution >= 4 is 16.0 Å². The Morgan fingerprint density at radius 3 is 2.43 bits per heavy atom. The molecule has 0 fully saturated rings. The number of aliphatic imine (C=N–C) groups is 1. The minimum Gasteiger partial charge on any atom is -0.382 e. The topological polar surface area (TPSA) is 101 Å². The van der Waals surface area contributed by atoms with Crippen LogP contribution in [0.4, 0.5) is 0 Å². The van der Waals surface area contributed by atoms with Gasteiger partial charge in [0.2, 0.25) is 10.0 Å². The molecule has 0 aliphatic rings. The fourth-order valence-corrected chi connectivity index (χ4v) is 1.95. The van der Waals surface area contributed by atoms with Crippen LogP contribution in [-0.2, 0) is 19.5 Å². The summed E-state index contributed by atoms with van der Waals surface area (Å²) in [5.41, 5.74) is 0. The Labute approximate surface area is 127 Å². The summed E-state index contributed by atoms with van der Waals surface area (Å²) in [6.07, 6.45) is 0.854. The predicted molar refractivity (Wildman–Crippen MR) is 84.1 cm³/mol. The molecule has 9 heteroatoms. The first-order chi connectivity index (χ1) is 10.1. The second-order valence-electron chi connectivity index (χ2n) is 4.18. The highest BCUT2D eigenvalue weighted by molar-refractivity contribution is 7.89. The monoisotopic (exact) mass is 324 g/mol. The lowest BCUT2D eigenvalue weighted by Crippen LogP contribution is -2.42. The van der Waals surface area contributed by atoms with E-state index in [0.29, 0.717) is 38.9 Å². The lowest BCUT2D eigenvalue weighted by Gasteiger charge is -2.12. The Bertz CT molecular complexity index is 373. The van der Waals surface area contributed by atoms with Gasteiger partial charge in [-0.15, -0.1) is 0 Å². The molecule has 0 aromatic heterocycles. The zero-order valence-electron chi connectivity index (χ0n) is 13.1. The molecule has 0 aromatic rings. The van der Waals surface area contributed by atoms with Crippen LogP contribution >= 0.6 is 0 Å². The van der Waals surface area contributed by atoms with Crippen molar-refractivity contribution < 1.29 is 17.9 Å². The lowest BCUT2D eigenvalue weighted by molar-refractivity contribution is 0.0698. The molecule has 0 rings (SSSR count). The summed E-state index contributed by atoms with van der Waals surface area (Å²) in [4.78, 5) is 4.05. The highest BCUT2D eigenvalue weighted by Gasteiger charge is 2.04. The molecule has 3 N–H and O–H groups in total. The lowest BCUT2D eigenvalue weighted by atomic mass is 10.4. The predicted octanol–water partition coefficient (Wildman–Crippen LogP) is -0.856. The van der Waals surface area contributed by atoms with Crippen molar-refractivity contribution in [3.63, 3.8) is 0 Å². The van der Waals surface area contributed by atoms with E-state index in [1.54, 1.807) is 21.1 Å². The third kappa shape index (κ3) is 12.5. The van der Waals surface area contributed by atoms with Gasteiger partial charge in [0.1, 0.15) is 0 Å². The molecule has 8 nitrogen and oxygen atoms in total. The van der Waals surface area contributed by atoms with Gasteiger partial charge in [-0.05, 0) is 13.3 Å². The van der Waals surface area contributed by atoms with Crippen LogP contribution in [0.5, 0.6) is 0 Å². The Morgan fingerprint density at radius 2 is 1.81 bits per heavy atom. The van der Waals surface area contributed by atoms with Gasteiger partial charge in [0.15, 0.2) is 5.96 Å². The second kappa shape index (κ2) is 12.8. The first-order valence-corrected chi connectivity index (χ1v) is 8.69. The first-order valence-electron chi connectivity index (χ1n) is 7.04. The highest BCUT2D eigenvalue weighted by Crippen LogP contribution is 1.82. The molecule has 0 saturated carbocycles. The maximum absolute atomic E-state index is 11.2. The molecule has 0 amide bonds. The summed E-state index contributed by atoms with van der Waals surface area (Å²) < 4.78 is 35.1. The van der Waals surface area contributed by atoms with Crippen LogP contribution in [0.2, 0.25) is 0 Å². The quantitative estimate of drug-likeness (QED) is 0.245. The van der Waals surface area contributed by atoms with Crippen LogP contribution in [0.1, 0.15) is 13.3 Å². The summed E-state index contributed by atoms with van der Waals surface area (Å²) in [5.74, 6) is 0.728. The van der Waals surface area contributed by atoms with Gasteiger partial charge in [0.25, 0.3) is 0 Å². The number of nitrogens with zero attached hydrogens (tertiary/aromatic N) is 1. The maximum atomic E-state index is 11.2. The van der Waals surface area contributed by atoms with Gasteiger partial charge in [-0.2, -0.15) is 0 Å². The van der Waals surface area contributed by atoms with Gasteiger partial charge < -0.3 is 20.1 Å². The molecule has 0 aromatic carbocycles. The normalized spacial score (nSPS) is 12.4. The average molecular weight is 324 g/mol. The molecule has 0 aliphatic carbocycles. The number of guanidine groups is 1. The van der Waals surface area contributed by atoms with E-state index in [0.717, 1.165) is 13.0 Å². The molecule has 0 radical (unpaired) electrons. The second-order valence-corrected chi connectivity index (χ2v) is 6.28. The van der Waals surface area contributed by atoms with E-state index < -0.39 is 10.0 Å². The van der Waals surface area contributed by atoms with Crippen LogP contribution in [0.15, 0.2) is 4.99 Å². The van der Waals surface area contributed by atoms with Crippen LogP contribution in [0.3, 0.4) is 0 Å². The van der Waals surface area contributed by atoms with Crippen LogP contribution < -0.4 is 15.4 Å². The Hall–Kier alpha value is -0.900. The number of ether oxygens (including phenoxy) is 2. The minimum absolute atomic E-state index is 0.0864. The SMILES string of the molecule is CCS(=O)(=O)NCCNC(=NC)NCCCOCCOC. The zero-order valence-corrected chi connectivity index (χ0v) is 14.0. The van der Waals surface area contributed by atoms with Crippen molar-refractivity contribution in [3.05, 3.63) is 0 Å². The van der Waals surface area contributed by atoms with E-state index >= 15 is 0 Å². The van der Waals surface area contributed by atoms with E-state index in [9.17, 15) is 8.42 Å². The smallest absolute Gasteiger partial charge is 0.211 e. The van der Waals surface area contributed by atoms with Gasteiger partial charge in [0, 0.05) is 40.4 Å². The first kappa shape index (κ1) is 20.1. The van der Waals surface area contributed by atoms with Crippen LogP contribution in [0.25, 0.3) is 0 Å². The third-order valence-electron chi connectivity index (χ3n) is 2.53. The van der Waals surface area contributed by atoms with E-state index in [1.807, 2.05) is 0 Å². The zero-order chi connectivity index (χ0) is 16.0. The van der Waals surface area contributed by atoms with E-state index in [2.05, 4.69) is 20.3 Å². The fraction of sp³-hybridized carbons (Fsp3) is 0.917. The van der Waals surface area contributed by atoms with Gasteiger partial charge in [0.05, 0.1) is 19.0 Å². The Balaban J connectivity index is 3.60. The molecular formula is C12H28N4O4S. The number of rotatable bonds is 12. The number of sulfonamides is 1. The number of hydrogen-bond acceptors (Lipinski definition) is 5. The molecule has 0 saturated heterocycles. The fourth-order valence-electron chi connectivity index (χ4n) is 1.34. The summed E-state index contributed by atoms with van der Waals surface area (Å²) in [5, 5.41) is 6.15. The van der Waals surface area contributed by atoms with E-state index in [-0.39, 0.29) is 5.75 Å². The summed E-state index contributed by atoms with van der Waals surface area (Å²) >= 11 is 0. The summed E-state index contributed by atoms with van der Waals surface area (Å²) in [6.45, 7) is 4.99. The third-order valence-corrected chi connectivity index (χ3v) is 3.94. The van der Waals surface area contributed by atoms with Crippen molar-refractivity contribution in [1.82, 2.24) is 15.4 Å². The number of methoxy groups -OCH3 is 1. The van der Waals surface area contributed by atoms with E-state index in [1.165, 1.54) is 0 Å². The molecular weight excluding hydrogens is 296 g/mol. The molecule has 21 heavy (non-hydrogen) atoms. The standard InChI is InChI=1S/C12H28N4O4S/c1-4-21(17,18)16-8-7-15-12(13-2)14-6-5-9-20-11-10-19-3/h16H,4-11H2,1-3H3,(H2,13,14,15). The van der Waals surface area contributed by atoms with Crippen molar-refractivity contribution in [2.75, 3.05) is 59.4 Å². The molecule has 0 bridgehead atoms. The van der Waals surface area contributed by atoms with Crippen molar-refractivity contribution in [1.29, 1.82) is 0 Å². The highest BCUT2D eigenvalue weighted by atomic mass is 32.2. The van der Waals surface area contributed by atoms with Crippen LogP contribution in [0, 0.1) is 0 Å². The Kier molecular flexibility index (Phi) is 12.3. The van der Waals surface area contributed by atoms with Gasteiger partial charge in [-0.3, -0.25) is 4.99 Å². The van der Waals surface area contributed by atoms with E-state index in [4.69, 9.17) is 9.47 Å². The molecule has 0 atom stereocenters. The summed E-state index contributed by atoms with van der Waals surface area (Å²) in [6, 6.07) is 0. The van der Waals surface area contributed by atoms with Gasteiger partial charge in [-0.25, -0.2) is 13.1 Å². The Morgan fingerprint density at radius 1 is 1.10 bits per heavy atom. The maximum Gasteiger partial charge on any atom is 0.211 e. The van der Waals surface area contributed by atoms with Crippen LogP contribution in [-0.4, -0.2) is 73.7 Å². The molecule has 0 spiro atoms. The summed E-state index contributed by atoms with van der Waals surface area (Å²) in [7, 11) is 0.174.